The van der Waals surface area contributed by atoms with E-state index in [-0.39, 0.29) is 13.0 Å². The first-order valence-corrected chi connectivity index (χ1v) is 5.02. The van der Waals surface area contributed by atoms with E-state index in [1.165, 1.54) is 0 Å². The van der Waals surface area contributed by atoms with Gasteiger partial charge in [0.05, 0.1) is 6.61 Å². The predicted molar refractivity (Wildman–Crippen MR) is 53.6 cm³/mol. The van der Waals surface area contributed by atoms with Crippen LogP contribution in [0.1, 0.15) is 6.42 Å². The zero-order valence-electron chi connectivity index (χ0n) is 8.92. The van der Waals surface area contributed by atoms with Crippen LogP contribution >= 0.6 is 0 Å². The highest BCUT2D eigenvalue weighted by atomic mass is 16.7. The summed E-state index contributed by atoms with van der Waals surface area (Å²) in [7, 11) is 0. The molecule has 9 nitrogen and oxygen atoms in total. The molecule has 0 aliphatic carbocycles. The third kappa shape index (κ3) is 2.85. The number of nitrogens with zero attached hydrogens (tertiary/aromatic N) is 3. The molecule has 0 saturated carbocycles. The molecule has 9 heteroatoms. The lowest BCUT2D eigenvalue weighted by Crippen LogP contribution is -2.65. The minimum atomic E-state index is -2.17. The summed E-state index contributed by atoms with van der Waals surface area (Å²) in [4.78, 5) is 2.46. The van der Waals surface area contributed by atoms with Crippen molar-refractivity contribution >= 4 is 0 Å². The highest BCUT2D eigenvalue weighted by molar-refractivity contribution is 4.96. The fraction of sp³-hybridized carbons (Fsp3) is 1.00. The lowest BCUT2D eigenvalue weighted by molar-refractivity contribution is -0.350. The van der Waals surface area contributed by atoms with Gasteiger partial charge in [-0.15, -0.1) is 0 Å². The number of hydrogen-bond donors (Lipinski definition) is 5. The van der Waals surface area contributed by atoms with Gasteiger partial charge in [-0.3, -0.25) is 0 Å². The quantitative estimate of drug-likeness (QED) is 0.217. The van der Waals surface area contributed by atoms with Crippen molar-refractivity contribution in [2.24, 2.45) is 5.11 Å². The van der Waals surface area contributed by atoms with Crippen molar-refractivity contribution in [3.8, 4) is 0 Å². The standard InChI is InChI=1S/C8H15N3O6/c9-11-10-2-1-8(16)7(15)6(14)5(13)4(3-12)17-8/h4-7,12-16H,1-3H2/t4-,5-,6+,7+,8-/m1/s1. The van der Waals surface area contributed by atoms with E-state index in [9.17, 15) is 20.4 Å². The molecule has 0 aromatic carbocycles. The van der Waals surface area contributed by atoms with Gasteiger partial charge in [0.25, 0.3) is 0 Å². The maximum atomic E-state index is 9.92. The lowest BCUT2D eigenvalue weighted by atomic mass is 9.91. The molecule has 0 spiro atoms. The van der Waals surface area contributed by atoms with Crippen LogP contribution in [0.5, 0.6) is 0 Å². The summed E-state index contributed by atoms with van der Waals surface area (Å²) in [6.07, 6.45) is -6.40. The second kappa shape index (κ2) is 5.61. The third-order valence-electron chi connectivity index (χ3n) is 2.69. The SMILES string of the molecule is [N-]=[N+]=NCC[C@@]1(O)O[C@H](CO)[C@@H](O)[C@H](O)[C@@H]1O. The Morgan fingerprint density at radius 2 is 1.94 bits per heavy atom. The summed E-state index contributed by atoms with van der Waals surface area (Å²) in [6.45, 7) is -0.792. The van der Waals surface area contributed by atoms with Crippen LogP contribution in [-0.2, 0) is 4.74 Å². The molecule has 98 valence electrons. The van der Waals surface area contributed by atoms with Crippen molar-refractivity contribution in [1.82, 2.24) is 0 Å². The largest absolute Gasteiger partial charge is 0.394 e. The van der Waals surface area contributed by atoms with E-state index in [1.807, 2.05) is 0 Å². The van der Waals surface area contributed by atoms with Gasteiger partial charge in [-0.2, -0.15) is 0 Å². The molecule has 1 rings (SSSR count). The van der Waals surface area contributed by atoms with E-state index < -0.39 is 36.8 Å². The first-order valence-electron chi connectivity index (χ1n) is 5.02. The number of ether oxygens (including phenoxy) is 1. The van der Waals surface area contributed by atoms with Gasteiger partial charge in [-0.25, -0.2) is 0 Å². The number of hydrogen-bond acceptors (Lipinski definition) is 7. The molecular weight excluding hydrogens is 234 g/mol. The molecule has 1 aliphatic rings. The Bertz CT molecular complexity index is 308. The van der Waals surface area contributed by atoms with Crippen molar-refractivity contribution in [1.29, 1.82) is 0 Å². The minimum Gasteiger partial charge on any atom is -0.394 e. The zero-order chi connectivity index (χ0) is 13.1. The molecule has 5 N–H and O–H groups in total. The lowest BCUT2D eigenvalue weighted by Gasteiger charge is -2.45. The molecule has 0 aromatic heterocycles. The van der Waals surface area contributed by atoms with Gasteiger partial charge in [-0.05, 0) is 5.53 Å². The molecule has 1 aliphatic heterocycles. The summed E-state index contributed by atoms with van der Waals surface area (Å²) < 4.78 is 4.93. The minimum absolute atomic E-state index is 0.162. The summed E-state index contributed by atoms with van der Waals surface area (Å²) in [5.41, 5.74) is 8.08. The van der Waals surface area contributed by atoms with Crippen molar-refractivity contribution in [2.45, 2.75) is 36.6 Å². The Kier molecular flexibility index (Phi) is 4.66. The molecule has 0 bridgehead atoms. The topological polar surface area (TPSA) is 159 Å². The maximum absolute atomic E-state index is 9.92. The Balaban J connectivity index is 2.79. The van der Waals surface area contributed by atoms with Crippen molar-refractivity contribution in [3.05, 3.63) is 10.4 Å². The first kappa shape index (κ1) is 14.1. The van der Waals surface area contributed by atoms with Crippen molar-refractivity contribution < 1.29 is 30.3 Å². The molecule has 1 saturated heterocycles. The summed E-state index contributed by atoms with van der Waals surface area (Å²) in [6, 6.07) is 0. The zero-order valence-corrected chi connectivity index (χ0v) is 8.92. The second-order valence-corrected chi connectivity index (χ2v) is 3.81. The molecule has 17 heavy (non-hydrogen) atoms. The van der Waals surface area contributed by atoms with E-state index in [4.69, 9.17) is 15.4 Å². The second-order valence-electron chi connectivity index (χ2n) is 3.81. The predicted octanol–water partition coefficient (Wildman–Crippen LogP) is -2.15. The maximum Gasteiger partial charge on any atom is 0.195 e. The average Bonchev–Trinajstić information content (AvgIpc) is 2.32. The molecule has 0 radical (unpaired) electrons. The molecule has 1 fully saturated rings. The summed E-state index contributed by atoms with van der Waals surface area (Å²) >= 11 is 0. The number of aliphatic hydroxyl groups is 5. The van der Waals surface area contributed by atoms with Gasteiger partial charge in [-0.1, -0.05) is 5.11 Å². The van der Waals surface area contributed by atoms with Crippen LogP contribution in [0, 0.1) is 0 Å². The van der Waals surface area contributed by atoms with Gasteiger partial charge < -0.3 is 30.3 Å². The Labute approximate surface area is 96.5 Å². The molecule has 0 unspecified atom stereocenters. The van der Waals surface area contributed by atoms with Crippen LogP contribution in [0.15, 0.2) is 5.11 Å². The molecule has 1 heterocycles. The van der Waals surface area contributed by atoms with Crippen molar-refractivity contribution in [3.63, 3.8) is 0 Å². The highest BCUT2D eigenvalue weighted by Gasteiger charge is 2.51. The average molecular weight is 249 g/mol. The number of azide groups is 1. The van der Waals surface area contributed by atoms with Crippen LogP contribution in [0.25, 0.3) is 10.4 Å². The van der Waals surface area contributed by atoms with Gasteiger partial charge in [0.1, 0.15) is 24.4 Å². The van der Waals surface area contributed by atoms with Gasteiger partial charge >= 0.3 is 0 Å². The molecular formula is C8H15N3O6. The molecule has 0 amide bonds. The Morgan fingerprint density at radius 3 is 2.47 bits per heavy atom. The Morgan fingerprint density at radius 1 is 1.29 bits per heavy atom. The van der Waals surface area contributed by atoms with Crippen LogP contribution in [0.4, 0.5) is 0 Å². The van der Waals surface area contributed by atoms with E-state index >= 15 is 0 Å². The van der Waals surface area contributed by atoms with Crippen LogP contribution in [0.2, 0.25) is 0 Å². The van der Waals surface area contributed by atoms with Gasteiger partial charge in [0, 0.05) is 17.9 Å². The molecule has 5 atom stereocenters. The fourth-order valence-corrected chi connectivity index (χ4v) is 1.68. The van der Waals surface area contributed by atoms with Crippen LogP contribution in [0.3, 0.4) is 0 Å². The van der Waals surface area contributed by atoms with E-state index in [0.29, 0.717) is 0 Å². The number of rotatable bonds is 4. The smallest absolute Gasteiger partial charge is 0.195 e. The first-order chi connectivity index (χ1) is 7.96. The summed E-state index contributed by atoms with van der Waals surface area (Å²) in [5, 5.41) is 50.5. The van der Waals surface area contributed by atoms with E-state index in [2.05, 4.69) is 10.0 Å². The third-order valence-corrected chi connectivity index (χ3v) is 2.69. The number of aliphatic hydroxyl groups excluding tert-OH is 4. The van der Waals surface area contributed by atoms with Crippen LogP contribution in [-0.4, -0.2) is 68.9 Å². The van der Waals surface area contributed by atoms with Gasteiger partial charge in [0.2, 0.25) is 0 Å². The highest BCUT2D eigenvalue weighted by Crippen LogP contribution is 2.30. The van der Waals surface area contributed by atoms with E-state index in [1.54, 1.807) is 0 Å². The Hall–Kier alpha value is -0.930. The normalized spacial score (nSPS) is 41.9. The van der Waals surface area contributed by atoms with Gasteiger partial charge in [0.15, 0.2) is 5.79 Å². The van der Waals surface area contributed by atoms with Crippen molar-refractivity contribution in [2.75, 3.05) is 13.2 Å². The summed E-state index contributed by atoms with van der Waals surface area (Å²) in [5.74, 6) is -2.17. The fourth-order valence-electron chi connectivity index (χ4n) is 1.68. The van der Waals surface area contributed by atoms with Crippen LogP contribution < -0.4 is 0 Å². The molecule has 0 aromatic rings. The monoisotopic (exact) mass is 249 g/mol. The van der Waals surface area contributed by atoms with E-state index in [0.717, 1.165) is 0 Å².